The van der Waals surface area contributed by atoms with E-state index in [0.717, 1.165) is 48.7 Å². The van der Waals surface area contributed by atoms with Crippen LogP contribution >= 0.6 is 0 Å². The summed E-state index contributed by atoms with van der Waals surface area (Å²) in [5.41, 5.74) is 19.6. The van der Waals surface area contributed by atoms with Gasteiger partial charge < -0.3 is 20.4 Å². The fourth-order valence-corrected chi connectivity index (χ4v) is 8.28. The zero-order chi connectivity index (χ0) is 43.2. The first kappa shape index (κ1) is 44.1. The second-order valence-corrected chi connectivity index (χ2v) is 18.8. The van der Waals surface area contributed by atoms with Gasteiger partial charge in [-0.25, -0.2) is 0 Å². The molecule has 0 fully saturated rings. The third-order valence-corrected chi connectivity index (χ3v) is 11.7. The molecule has 0 atom stereocenters. The van der Waals surface area contributed by atoms with Crippen molar-refractivity contribution in [1.29, 1.82) is 0 Å². The molecule has 2 N–H and O–H groups in total. The molecule has 6 rings (SSSR count). The molecule has 6 aromatic carbocycles. The topological polar surface area (TPSA) is 30.5 Å². The van der Waals surface area contributed by atoms with Crippen LogP contribution in [0.3, 0.4) is 0 Å². The summed E-state index contributed by atoms with van der Waals surface area (Å²) in [6.07, 6.45) is 4.68. The number of anilines is 8. The van der Waals surface area contributed by atoms with Crippen LogP contribution in [0.1, 0.15) is 114 Å². The zero-order valence-corrected chi connectivity index (χ0v) is 38.7. The highest BCUT2D eigenvalue weighted by Gasteiger charge is 2.22. The Morgan fingerprint density at radius 2 is 0.667 bits per heavy atom. The fraction of sp³-hybridized carbons (Fsp3) is 0.357. The van der Waals surface area contributed by atoms with Gasteiger partial charge in [-0.05, 0) is 169 Å². The van der Waals surface area contributed by atoms with Crippen LogP contribution in [0.2, 0.25) is 0 Å². The maximum Gasteiger partial charge on any atom is 0.0521 e. The van der Waals surface area contributed by atoms with Crippen LogP contribution in [0, 0.1) is 27.7 Å². The van der Waals surface area contributed by atoms with E-state index in [-0.39, 0.29) is 10.8 Å². The molecule has 4 nitrogen and oxygen atoms in total. The van der Waals surface area contributed by atoms with Gasteiger partial charge in [0.25, 0.3) is 0 Å². The third-order valence-electron chi connectivity index (χ3n) is 11.7. The average molecular weight is 799 g/mol. The highest BCUT2D eigenvalue weighted by atomic mass is 15.2. The lowest BCUT2D eigenvalue weighted by molar-refractivity contribution is 0.590. The molecular weight excluding hydrogens is 729 g/mol. The second kappa shape index (κ2) is 18.8. The molecule has 60 heavy (non-hydrogen) atoms. The van der Waals surface area contributed by atoms with E-state index in [1.54, 1.807) is 0 Å². The molecule has 0 radical (unpaired) electrons. The van der Waals surface area contributed by atoms with Gasteiger partial charge in [0.05, 0.1) is 11.4 Å². The van der Waals surface area contributed by atoms with Crippen LogP contribution in [0.5, 0.6) is 0 Å². The number of rotatable bonds is 15. The Morgan fingerprint density at radius 1 is 0.400 bits per heavy atom. The van der Waals surface area contributed by atoms with E-state index in [2.05, 4.69) is 225 Å². The summed E-state index contributed by atoms with van der Waals surface area (Å²) in [4.78, 5) is 4.86. The van der Waals surface area contributed by atoms with E-state index in [9.17, 15) is 0 Å². The number of hydrogen-bond acceptors (Lipinski definition) is 4. The fourth-order valence-electron chi connectivity index (χ4n) is 8.28. The van der Waals surface area contributed by atoms with Gasteiger partial charge in [-0.1, -0.05) is 117 Å². The highest BCUT2D eigenvalue weighted by molar-refractivity contribution is 5.85. The molecule has 0 bridgehead atoms. The van der Waals surface area contributed by atoms with Crippen molar-refractivity contribution in [3.63, 3.8) is 0 Å². The number of benzene rings is 6. The minimum Gasteiger partial charge on any atom is -0.385 e. The lowest BCUT2D eigenvalue weighted by Gasteiger charge is -2.30. The molecular formula is C56H70N4. The second-order valence-electron chi connectivity index (χ2n) is 18.8. The molecule has 0 aliphatic rings. The smallest absolute Gasteiger partial charge is 0.0521 e. The average Bonchev–Trinajstić information content (AvgIpc) is 3.20. The number of nitrogens with one attached hydrogen (secondary N) is 2. The summed E-state index contributed by atoms with van der Waals surface area (Å²) in [7, 11) is 0. The molecule has 4 heteroatoms. The lowest BCUT2D eigenvalue weighted by Crippen LogP contribution is -2.15. The van der Waals surface area contributed by atoms with Crippen LogP contribution in [0.4, 0.5) is 45.5 Å². The normalized spacial score (nSPS) is 11.7. The van der Waals surface area contributed by atoms with Crippen LogP contribution in [0.25, 0.3) is 11.1 Å². The summed E-state index contributed by atoms with van der Waals surface area (Å²) in [6.45, 7) is 29.1. The molecule has 6 aromatic rings. The standard InChI is InChI=1S/C56H70N4/c1-13-15-33-57-47-35-39(3)53(40(4)36-47)59(51-29-21-45(22-30-51)55(7,8)9)49-25-17-43(18-26-49)44-19-27-50(28-20-44)60(52-31-23-46(24-32-52)56(10,11)12)54-41(5)37-48(38-42(54)6)58-34-16-14-2/h17-32,35-38,57-58H,13-16,33-34H2,1-12H3. The molecule has 0 aliphatic carbocycles. The van der Waals surface area contributed by atoms with Crippen molar-refractivity contribution in [3.05, 3.63) is 155 Å². The number of nitrogens with zero attached hydrogens (tertiary/aromatic N) is 2. The number of unbranched alkanes of at least 4 members (excludes halogenated alkanes) is 2. The Kier molecular flexibility index (Phi) is 13.8. The van der Waals surface area contributed by atoms with E-state index < -0.39 is 0 Å². The highest BCUT2D eigenvalue weighted by Crippen LogP contribution is 2.43. The maximum atomic E-state index is 3.65. The summed E-state index contributed by atoms with van der Waals surface area (Å²) in [5, 5.41) is 7.30. The van der Waals surface area contributed by atoms with Crippen molar-refractivity contribution in [3.8, 4) is 11.1 Å². The van der Waals surface area contributed by atoms with Crippen LogP contribution in [0.15, 0.2) is 121 Å². The van der Waals surface area contributed by atoms with Gasteiger partial charge in [-0.3, -0.25) is 0 Å². The SMILES string of the molecule is CCCCNc1cc(C)c(N(c2ccc(-c3ccc(N(c4ccc(C(C)(C)C)cc4)c4c(C)cc(NCCCC)cc4C)cc3)cc2)c2ccc(C(C)(C)C)cc2)c(C)c1. The van der Waals surface area contributed by atoms with E-state index in [1.807, 2.05) is 0 Å². The first-order valence-electron chi connectivity index (χ1n) is 22.3. The molecule has 0 amide bonds. The third kappa shape index (κ3) is 10.3. The van der Waals surface area contributed by atoms with Gasteiger partial charge >= 0.3 is 0 Å². The van der Waals surface area contributed by atoms with Gasteiger partial charge in [0.1, 0.15) is 0 Å². The van der Waals surface area contributed by atoms with Gasteiger partial charge in [0.2, 0.25) is 0 Å². The largest absolute Gasteiger partial charge is 0.385 e. The Morgan fingerprint density at radius 3 is 0.917 bits per heavy atom. The molecule has 0 heterocycles. The zero-order valence-electron chi connectivity index (χ0n) is 38.7. The van der Waals surface area contributed by atoms with E-state index in [1.165, 1.54) is 80.1 Å². The maximum absolute atomic E-state index is 3.65. The van der Waals surface area contributed by atoms with E-state index in [4.69, 9.17) is 0 Å². The van der Waals surface area contributed by atoms with Gasteiger partial charge in [0, 0.05) is 47.2 Å². The predicted octanol–water partition coefficient (Wildman–Crippen LogP) is 16.5. The minimum atomic E-state index is 0.0831. The Labute approximate surface area is 363 Å². The summed E-state index contributed by atoms with van der Waals surface area (Å²) in [5.74, 6) is 0. The Balaban J connectivity index is 1.36. The molecule has 0 saturated heterocycles. The summed E-state index contributed by atoms with van der Waals surface area (Å²) in [6, 6.07) is 45.7. The quantitative estimate of drug-likeness (QED) is 0.101. The van der Waals surface area contributed by atoms with Gasteiger partial charge in [0.15, 0.2) is 0 Å². The predicted molar refractivity (Wildman–Crippen MR) is 264 cm³/mol. The lowest BCUT2D eigenvalue weighted by atomic mass is 9.87. The first-order chi connectivity index (χ1) is 28.6. The van der Waals surface area contributed by atoms with Crippen molar-refractivity contribution in [2.45, 2.75) is 120 Å². The monoisotopic (exact) mass is 799 g/mol. The molecule has 0 unspecified atom stereocenters. The number of aryl methyl sites for hydroxylation is 4. The van der Waals surface area contributed by atoms with Gasteiger partial charge in [-0.2, -0.15) is 0 Å². The van der Waals surface area contributed by atoms with Crippen LogP contribution in [-0.4, -0.2) is 13.1 Å². The Hall–Kier alpha value is -5.48. The van der Waals surface area contributed by atoms with Crippen LogP contribution in [-0.2, 0) is 10.8 Å². The molecule has 0 spiro atoms. The summed E-state index contributed by atoms with van der Waals surface area (Å²) >= 11 is 0. The van der Waals surface area contributed by atoms with Crippen molar-refractivity contribution in [2.75, 3.05) is 33.5 Å². The molecule has 0 aliphatic heterocycles. The van der Waals surface area contributed by atoms with Crippen molar-refractivity contribution in [1.82, 2.24) is 0 Å². The van der Waals surface area contributed by atoms with Crippen LogP contribution < -0.4 is 20.4 Å². The first-order valence-corrected chi connectivity index (χ1v) is 22.3. The molecule has 0 aromatic heterocycles. The van der Waals surface area contributed by atoms with Gasteiger partial charge in [-0.15, -0.1) is 0 Å². The van der Waals surface area contributed by atoms with Crippen molar-refractivity contribution < 1.29 is 0 Å². The number of hydrogen-bond donors (Lipinski definition) is 2. The van der Waals surface area contributed by atoms with Crippen molar-refractivity contribution in [2.24, 2.45) is 0 Å². The van der Waals surface area contributed by atoms with Crippen molar-refractivity contribution >= 4 is 45.5 Å². The van der Waals surface area contributed by atoms with E-state index in [0.29, 0.717) is 0 Å². The summed E-state index contributed by atoms with van der Waals surface area (Å²) < 4.78 is 0. The molecule has 314 valence electrons. The Bertz CT molecular complexity index is 2110. The molecule has 0 saturated carbocycles. The van der Waals surface area contributed by atoms with E-state index >= 15 is 0 Å². The minimum absolute atomic E-state index is 0.0831.